The molecule has 0 radical (unpaired) electrons. The zero-order valence-corrected chi connectivity index (χ0v) is 23.9. The molecule has 242 valence electrons. The summed E-state index contributed by atoms with van der Waals surface area (Å²) < 4.78 is 40.9. The molecule has 2 heterocycles. The van der Waals surface area contributed by atoms with Crippen LogP contribution in [0.25, 0.3) is 16.9 Å². The molecule has 0 bridgehead atoms. The molecule has 6 atom stereocenters. The van der Waals surface area contributed by atoms with Gasteiger partial charge in [-0.2, -0.15) is 0 Å². The Labute approximate surface area is 254 Å². The minimum Gasteiger partial charge on any atom is -0.476 e. The maximum atomic E-state index is 14.3. The van der Waals surface area contributed by atoms with Gasteiger partial charge in [0.25, 0.3) is 6.43 Å². The van der Waals surface area contributed by atoms with Crippen LogP contribution in [-0.4, -0.2) is 101 Å². The van der Waals surface area contributed by atoms with E-state index >= 15 is 0 Å². The molecule has 17 heteroatoms. The lowest BCUT2D eigenvalue weighted by atomic mass is 9.88. The van der Waals surface area contributed by atoms with Gasteiger partial charge in [0, 0.05) is 25.1 Å². The van der Waals surface area contributed by atoms with Crippen molar-refractivity contribution in [2.75, 3.05) is 11.9 Å². The first-order valence-corrected chi connectivity index (χ1v) is 13.5. The molecular weight excluding hydrogens is 604 g/mol. The minimum absolute atomic E-state index is 0.0912. The molecule has 2 aromatic carbocycles. The topological polar surface area (TPSA) is 226 Å². The second kappa shape index (κ2) is 13.6. The Balaban J connectivity index is 1.67. The summed E-state index contributed by atoms with van der Waals surface area (Å²) in [4.78, 5) is 35.6. The first-order valence-electron chi connectivity index (χ1n) is 13.5. The highest BCUT2D eigenvalue weighted by atomic mass is 19.3. The number of amides is 2. The number of aliphatic hydroxyl groups excluding tert-OH is 4. The van der Waals surface area contributed by atoms with Crippen molar-refractivity contribution in [3.8, 4) is 22.7 Å². The number of aliphatic hydroxyl groups is 4. The molecule has 0 unspecified atom stereocenters. The molecule has 1 aromatic heterocycles. The molecule has 0 saturated carbocycles. The van der Waals surface area contributed by atoms with Crippen molar-refractivity contribution in [3.63, 3.8) is 0 Å². The largest absolute Gasteiger partial charge is 0.476 e. The number of nitrogens with zero attached hydrogens (tertiary/aromatic N) is 3. The van der Waals surface area contributed by atoms with E-state index in [0.717, 1.165) is 19.1 Å². The zero-order chi connectivity index (χ0) is 33.1. The maximum Gasteiger partial charge on any atom is 0.377 e. The molecule has 2 amide bonds. The number of rotatable bonds is 11. The molecule has 1 aliphatic heterocycles. The van der Waals surface area contributed by atoms with Gasteiger partial charge in [0.05, 0.1) is 42.6 Å². The Kier molecular flexibility index (Phi) is 10.1. The van der Waals surface area contributed by atoms with Crippen LogP contribution in [0, 0.1) is 0 Å². The van der Waals surface area contributed by atoms with Crippen molar-refractivity contribution in [1.82, 2.24) is 20.3 Å². The van der Waals surface area contributed by atoms with Crippen molar-refractivity contribution in [3.05, 3.63) is 54.2 Å². The highest BCUT2D eigenvalue weighted by molar-refractivity contribution is 5.89. The van der Waals surface area contributed by atoms with Crippen LogP contribution in [0.3, 0.4) is 0 Å². The number of aromatic nitrogens is 3. The van der Waals surface area contributed by atoms with Gasteiger partial charge in [0.15, 0.2) is 0 Å². The molecule has 3 aromatic rings. The van der Waals surface area contributed by atoms with Crippen LogP contribution in [0.1, 0.15) is 32.3 Å². The maximum absolute atomic E-state index is 14.3. The van der Waals surface area contributed by atoms with Gasteiger partial charge in [0.1, 0.15) is 29.8 Å². The normalized spacial score (nSPS) is 22.8. The first-order chi connectivity index (χ1) is 21.2. The average molecular weight is 636 g/mol. The van der Waals surface area contributed by atoms with Gasteiger partial charge in [-0.05, 0) is 30.3 Å². The van der Waals surface area contributed by atoms with E-state index in [1.807, 2.05) is 0 Å². The van der Waals surface area contributed by atoms with Crippen LogP contribution in [0.15, 0.2) is 48.7 Å². The van der Waals surface area contributed by atoms with Crippen LogP contribution in [0.5, 0.6) is 5.75 Å². The molecule has 1 aliphatic rings. The summed E-state index contributed by atoms with van der Waals surface area (Å²) in [5.74, 6) is -6.38. The monoisotopic (exact) mass is 635 g/mol. The number of nitrogens with one attached hydrogen (secondary N) is 2. The number of hydrogen-bond acceptors (Lipinski definition) is 11. The Morgan fingerprint density at radius 2 is 1.89 bits per heavy atom. The lowest BCUT2D eigenvalue weighted by Gasteiger charge is -2.46. The van der Waals surface area contributed by atoms with Crippen molar-refractivity contribution >= 4 is 23.5 Å². The summed E-state index contributed by atoms with van der Waals surface area (Å²) in [6.45, 7) is 1.43. The summed E-state index contributed by atoms with van der Waals surface area (Å²) >= 11 is 0. The van der Waals surface area contributed by atoms with E-state index in [1.165, 1.54) is 23.9 Å². The number of carbonyl (C=O) groups is 3. The number of aliphatic carboxylic acids is 1. The lowest BCUT2D eigenvalue weighted by Crippen LogP contribution is -2.68. The number of benzene rings is 2. The number of ether oxygens (including phenoxy) is 2. The van der Waals surface area contributed by atoms with Crippen molar-refractivity contribution < 1.29 is 58.2 Å². The number of anilines is 1. The smallest absolute Gasteiger partial charge is 0.377 e. The second-order valence-corrected chi connectivity index (χ2v) is 10.3. The third-order valence-electron chi connectivity index (χ3n) is 6.93. The summed E-state index contributed by atoms with van der Waals surface area (Å²) in [5, 5.41) is 63.7. The van der Waals surface area contributed by atoms with E-state index in [1.54, 1.807) is 24.3 Å². The van der Waals surface area contributed by atoms with E-state index < -0.39 is 78.9 Å². The molecule has 4 rings (SSSR count). The highest BCUT2D eigenvalue weighted by Gasteiger charge is 2.57. The van der Waals surface area contributed by atoms with Gasteiger partial charge in [-0.1, -0.05) is 17.3 Å². The Morgan fingerprint density at radius 1 is 1.16 bits per heavy atom. The molecule has 0 spiro atoms. The Morgan fingerprint density at radius 3 is 2.51 bits per heavy atom. The molecule has 45 heavy (non-hydrogen) atoms. The van der Waals surface area contributed by atoms with Crippen molar-refractivity contribution in [1.29, 1.82) is 0 Å². The fourth-order valence-electron chi connectivity index (χ4n) is 4.83. The zero-order valence-electron chi connectivity index (χ0n) is 23.9. The van der Waals surface area contributed by atoms with E-state index in [0.29, 0.717) is 16.9 Å². The highest BCUT2D eigenvalue weighted by Crippen LogP contribution is 2.39. The van der Waals surface area contributed by atoms with Crippen LogP contribution in [0.2, 0.25) is 0 Å². The van der Waals surface area contributed by atoms with Crippen molar-refractivity contribution in [2.24, 2.45) is 0 Å². The predicted molar refractivity (Wildman–Crippen MR) is 149 cm³/mol. The summed E-state index contributed by atoms with van der Waals surface area (Å²) in [7, 11) is 0. The third kappa shape index (κ3) is 7.40. The van der Waals surface area contributed by atoms with Crippen LogP contribution < -0.4 is 15.4 Å². The van der Waals surface area contributed by atoms with Crippen LogP contribution in [-0.2, 0) is 19.1 Å². The predicted octanol–water partition coefficient (Wildman–Crippen LogP) is 0.359. The number of alkyl halides is 2. The molecule has 7 N–H and O–H groups in total. The van der Waals surface area contributed by atoms with E-state index in [-0.39, 0.29) is 11.6 Å². The molecule has 1 fully saturated rings. The van der Waals surface area contributed by atoms with Gasteiger partial charge in [-0.15, -0.1) is 5.10 Å². The Bertz CT molecular complexity index is 1560. The van der Waals surface area contributed by atoms with Gasteiger partial charge in [-0.3, -0.25) is 9.59 Å². The van der Waals surface area contributed by atoms with Crippen LogP contribution >= 0.6 is 0 Å². The molecular formula is C28H31F2N5O10. The molecule has 1 saturated heterocycles. The first kappa shape index (κ1) is 33.3. The quantitative estimate of drug-likeness (QED) is 0.152. The fourth-order valence-corrected chi connectivity index (χ4v) is 4.83. The minimum atomic E-state index is -3.21. The lowest BCUT2D eigenvalue weighted by molar-refractivity contribution is -0.284. The third-order valence-corrected chi connectivity index (χ3v) is 6.93. The molecule has 15 nitrogen and oxygen atoms in total. The Hall–Kier alpha value is -4.55. The number of carbonyl (C=O) groups excluding carboxylic acids is 2. The van der Waals surface area contributed by atoms with E-state index in [4.69, 9.17) is 9.47 Å². The average Bonchev–Trinajstić information content (AvgIpc) is 3.48. The number of hydrogen-bond donors (Lipinski definition) is 7. The summed E-state index contributed by atoms with van der Waals surface area (Å²) in [6, 6.07) is 8.51. The summed E-state index contributed by atoms with van der Waals surface area (Å²) in [5.41, 5.74) is 0.723. The van der Waals surface area contributed by atoms with Crippen LogP contribution in [0.4, 0.5) is 14.5 Å². The van der Waals surface area contributed by atoms with Gasteiger partial charge >= 0.3 is 11.8 Å². The van der Waals surface area contributed by atoms with E-state index in [9.17, 15) is 48.7 Å². The van der Waals surface area contributed by atoms with Crippen molar-refractivity contribution in [2.45, 2.75) is 62.9 Å². The van der Waals surface area contributed by atoms with E-state index in [2.05, 4.69) is 20.9 Å². The fraction of sp³-hybridized carbons (Fsp3) is 0.393. The number of carboxylic acids is 1. The number of halogens is 2. The standard InChI is InChI=1S/C28H31F2N5O10/c1-13(37)31-16-5-3-4-15(8-16)19-11-35(34-33-19)17-6-7-22(18(9-17)26(29)30)44-28(27(42)43)10-20(39)23(32-14(2)38)25(45-28)24(41)21(40)12-36/h3-9,11,20-21,23-26,36,39-41H,10,12H2,1-2H3,(H,31,37)(H,32,38)(H,42,43)/t20-,21+,23+,24+,25+,28+/m0/s1. The SMILES string of the molecule is CC(=O)Nc1cccc(-c2cn(-c3ccc(O[C@]4(C(=O)O)C[C@H](O)[C@@H](NC(C)=O)[C@H]([C@H](O)[C@H](O)CO)O4)c(C(F)F)c3)nn2)c1. The van der Waals surface area contributed by atoms with Gasteiger partial charge in [0.2, 0.25) is 11.8 Å². The second-order valence-electron chi connectivity index (χ2n) is 10.3. The van der Waals surface area contributed by atoms with Gasteiger partial charge < -0.3 is 45.6 Å². The molecule has 0 aliphatic carbocycles. The number of carboxylic acid groups (broad SMARTS) is 1. The summed E-state index contributed by atoms with van der Waals surface area (Å²) in [6.07, 6.45) is -10.2. The van der Waals surface area contributed by atoms with Gasteiger partial charge in [-0.25, -0.2) is 18.3 Å².